The number of rotatable bonds is 8. The molecule has 0 saturated carbocycles. The fraction of sp³-hybridized carbons (Fsp3) is 0.0625. The molecule has 0 saturated heterocycles. The smallest absolute Gasteiger partial charge is 0.178 e. The van der Waals surface area contributed by atoms with Crippen molar-refractivity contribution in [3.05, 3.63) is 133 Å². The van der Waals surface area contributed by atoms with Crippen molar-refractivity contribution in [1.82, 2.24) is 15.0 Å². The molecule has 37 heavy (non-hydrogen) atoms. The summed E-state index contributed by atoms with van der Waals surface area (Å²) in [5.41, 5.74) is 6.67. The monoisotopic (exact) mass is 483 g/mol. The third-order valence-corrected chi connectivity index (χ3v) is 6.14. The van der Waals surface area contributed by atoms with Crippen LogP contribution in [0.25, 0.3) is 33.7 Å². The van der Waals surface area contributed by atoms with Crippen LogP contribution in [0.2, 0.25) is 0 Å². The molecule has 180 valence electrons. The fourth-order valence-corrected chi connectivity index (χ4v) is 4.20. The minimum atomic E-state index is 0.453. The third-order valence-electron chi connectivity index (χ3n) is 6.14. The summed E-state index contributed by atoms with van der Waals surface area (Å²) in [5.74, 6) is 2.14. The lowest BCUT2D eigenvalue weighted by Gasteiger charge is -2.13. The van der Waals surface area contributed by atoms with Gasteiger partial charge < -0.3 is 14.5 Å². The highest BCUT2D eigenvalue weighted by molar-refractivity contribution is 5.82. The molecule has 0 amide bonds. The highest BCUT2D eigenvalue weighted by Crippen LogP contribution is 2.34. The lowest BCUT2D eigenvalue weighted by molar-refractivity contribution is 0.298. The Labute approximate surface area is 215 Å². The van der Waals surface area contributed by atoms with Crippen molar-refractivity contribution in [2.75, 3.05) is 0 Å². The number of H-pyrrole nitrogens is 1. The Morgan fingerprint density at radius 2 is 1.27 bits per heavy atom. The molecule has 5 nitrogen and oxygen atoms in total. The van der Waals surface area contributed by atoms with Gasteiger partial charge in [0.05, 0.1) is 11.1 Å². The topological polar surface area (TPSA) is 60.0 Å². The van der Waals surface area contributed by atoms with Crippen LogP contribution in [0.1, 0.15) is 11.1 Å². The van der Waals surface area contributed by atoms with Gasteiger partial charge in [0, 0.05) is 11.8 Å². The molecule has 1 N–H and O–H groups in total. The number of ether oxygens (including phenoxy) is 2. The number of nitrogens with zero attached hydrogens (tertiary/aromatic N) is 2. The van der Waals surface area contributed by atoms with Crippen LogP contribution in [0.15, 0.2) is 121 Å². The van der Waals surface area contributed by atoms with Gasteiger partial charge in [-0.15, -0.1) is 0 Å². The van der Waals surface area contributed by atoms with E-state index in [1.165, 1.54) is 0 Å². The lowest BCUT2D eigenvalue weighted by atomic mass is 10.1. The number of hydrogen-bond donors (Lipinski definition) is 1. The van der Waals surface area contributed by atoms with Gasteiger partial charge in [0.15, 0.2) is 5.65 Å². The molecule has 2 aromatic heterocycles. The fourth-order valence-electron chi connectivity index (χ4n) is 4.20. The second kappa shape index (κ2) is 10.4. The molecular weight excluding hydrogens is 458 g/mol. The predicted octanol–water partition coefficient (Wildman–Crippen LogP) is 7.45. The summed E-state index contributed by atoms with van der Waals surface area (Å²) in [5, 5.41) is 0. The lowest BCUT2D eigenvalue weighted by Crippen LogP contribution is -1.99. The Morgan fingerprint density at radius 1 is 0.622 bits per heavy atom. The van der Waals surface area contributed by atoms with E-state index in [-0.39, 0.29) is 0 Å². The van der Waals surface area contributed by atoms with E-state index < -0.39 is 0 Å². The Kier molecular flexibility index (Phi) is 6.33. The van der Waals surface area contributed by atoms with E-state index in [0.717, 1.165) is 44.8 Å². The molecule has 0 unspecified atom stereocenters. The third kappa shape index (κ3) is 5.21. The number of imidazole rings is 1. The molecular formula is C32H25N3O2. The zero-order chi connectivity index (χ0) is 24.9. The standard InChI is InChI=1S/C32H25N3O2/c1-4-10-23(11-5-1)21-36-27-16-17-30(37-22-24-12-6-2-7-13-24)28(19-27)31-34-29-18-26(20-33-32(29)35-31)25-14-8-3-9-15-25/h1-20H,21-22H2,(H,33,34,35). The largest absolute Gasteiger partial charge is 0.489 e. The minimum absolute atomic E-state index is 0.453. The van der Waals surface area contributed by atoms with Crippen LogP contribution in [-0.4, -0.2) is 15.0 Å². The SMILES string of the molecule is c1ccc(COc2ccc(OCc3ccccc3)c(-c3nc4ncc(-c5ccccc5)cc4[nH]3)c2)cc1. The molecule has 0 aliphatic rings. The summed E-state index contributed by atoms with van der Waals surface area (Å²) in [6, 6.07) is 38.4. The van der Waals surface area contributed by atoms with Gasteiger partial charge in [-0.25, -0.2) is 9.97 Å². The highest BCUT2D eigenvalue weighted by atomic mass is 16.5. The van der Waals surface area contributed by atoms with Gasteiger partial charge >= 0.3 is 0 Å². The van der Waals surface area contributed by atoms with Crippen molar-refractivity contribution < 1.29 is 9.47 Å². The van der Waals surface area contributed by atoms with Crippen LogP contribution in [0.5, 0.6) is 11.5 Å². The van der Waals surface area contributed by atoms with Gasteiger partial charge in [-0.3, -0.25) is 0 Å². The number of pyridine rings is 1. The van der Waals surface area contributed by atoms with E-state index in [1.54, 1.807) is 0 Å². The van der Waals surface area contributed by atoms with Crippen LogP contribution in [0.3, 0.4) is 0 Å². The molecule has 5 heteroatoms. The number of nitrogens with one attached hydrogen (secondary N) is 1. The molecule has 0 radical (unpaired) electrons. The quantitative estimate of drug-likeness (QED) is 0.244. The first-order valence-electron chi connectivity index (χ1n) is 12.2. The summed E-state index contributed by atoms with van der Waals surface area (Å²) in [6.45, 7) is 0.932. The summed E-state index contributed by atoms with van der Waals surface area (Å²) in [6.07, 6.45) is 1.86. The number of aromatic amines is 1. The van der Waals surface area contributed by atoms with Crippen molar-refractivity contribution >= 4 is 11.2 Å². The van der Waals surface area contributed by atoms with Crippen LogP contribution in [-0.2, 0) is 13.2 Å². The Morgan fingerprint density at radius 3 is 1.97 bits per heavy atom. The summed E-state index contributed by atoms with van der Waals surface area (Å²) in [7, 11) is 0. The summed E-state index contributed by atoms with van der Waals surface area (Å²) in [4.78, 5) is 12.9. The highest BCUT2D eigenvalue weighted by Gasteiger charge is 2.15. The zero-order valence-electron chi connectivity index (χ0n) is 20.2. The van der Waals surface area contributed by atoms with Crippen LogP contribution in [0.4, 0.5) is 0 Å². The molecule has 0 bridgehead atoms. The number of aromatic nitrogens is 3. The molecule has 0 aliphatic heterocycles. The van der Waals surface area contributed by atoms with E-state index in [9.17, 15) is 0 Å². The van der Waals surface area contributed by atoms with Gasteiger partial charge in [-0.2, -0.15) is 0 Å². The molecule has 6 rings (SSSR count). The minimum Gasteiger partial charge on any atom is -0.489 e. The molecule has 0 atom stereocenters. The van der Waals surface area contributed by atoms with Crippen LogP contribution < -0.4 is 9.47 Å². The van der Waals surface area contributed by atoms with Crippen molar-refractivity contribution in [2.24, 2.45) is 0 Å². The van der Waals surface area contributed by atoms with Crippen molar-refractivity contribution in [3.8, 4) is 34.0 Å². The van der Waals surface area contributed by atoms with Crippen LogP contribution in [0, 0.1) is 0 Å². The molecule has 0 spiro atoms. The number of fused-ring (bicyclic) bond motifs is 1. The normalized spacial score (nSPS) is 10.9. The average molecular weight is 484 g/mol. The van der Waals surface area contributed by atoms with E-state index in [0.29, 0.717) is 24.7 Å². The molecule has 2 heterocycles. The van der Waals surface area contributed by atoms with Gasteiger partial charge in [-0.05, 0) is 41.0 Å². The first-order valence-corrected chi connectivity index (χ1v) is 12.2. The van der Waals surface area contributed by atoms with E-state index in [1.807, 2.05) is 103 Å². The maximum absolute atomic E-state index is 6.25. The van der Waals surface area contributed by atoms with Crippen molar-refractivity contribution in [2.45, 2.75) is 13.2 Å². The van der Waals surface area contributed by atoms with Gasteiger partial charge in [0.25, 0.3) is 0 Å². The van der Waals surface area contributed by atoms with Gasteiger partial charge in [0.2, 0.25) is 0 Å². The maximum atomic E-state index is 6.25. The van der Waals surface area contributed by atoms with Crippen LogP contribution >= 0.6 is 0 Å². The number of hydrogen-bond acceptors (Lipinski definition) is 4. The summed E-state index contributed by atoms with van der Waals surface area (Å²) < 4.78 is 12.4. The molecule has 4 aromatic carbocycles. The molecule has 6 aromatic rings. The van der Waals surface area contributed by atoms with Gasteiger partial charge in [-0.1, -0.05) is 91.0 Å². The van der Waals surface area contributed by atoms with E-state index >= 15 is 0 Å². The van der Waals surface area contributed by atoms with E-state index in [2.05, 4.69) is 28.2 Å². The average Bonchev–Trinajstić information content (AvgIpc) is 3.40. The predicted molar refractivity (Wildman–Crippen MR) is 146 cm³/mol. The van der Waals surface area contributed by atoms with E-state index in [4.69, 9.17) is 14.5 Å². The molecule has 0 aliphatic carbocycles. The maximum Gasteiger partial charge on any atom is 0.178 e. The van der Waals surface area contributed by atoms with Crippen molar-refractivity contribution in [3.63, 3.8) is 0 Å². The second-order valence-corrected chi connectivity index (χ2v) is 8.75. The Bertz CT molecular complexity index is 1610. The first kappa shape index (κ1) is 22.6. The Balaban J connectivity index is 1.34. The first-order chi connectivity index (χ1) is 18.3. The van der Waals surface area contributed by atoms with Gasteiger partial charge in [0.1, 0.15) is 30.5 Å². The zero-order valence-corrected chi connectivity index (χ0v) is 20.2. The number of benzene rings is 4. The second-order valence-electron chi connectivity index (χ2n) is 8.75. The Hall–Kier alpha value is -4.90. The molecule has 0 fully saturated rings. The van der Waals surface area contributed by atoms with Crippen molar-refractivity contribution in [1.29, 1.82) is 0 Å². The summed E-state index contributed by atoms with van der Waals surface area (Å²) >= 11 is 0.